The van der Waals surface area contributed by atoms with Gasteiger partial charge in [-0.3, -0.25) is 0 Å². The zero-order chi connectivity index (χ0) is 17.9. The summed E-state index contributed by atoms with van der Waals surface area (Å²) in [5.74, 6) is 4.49. The molecule has 0 spiro atoms. The lowest BCUT2D eigenvalue weighted by Gasteiger charge is -2.25. The fourth-order valence-electron chi connectivity index (χ4n) is 3.83. The van der Waals surface area contributed by atoms with Gasteiger partial charge in [-0.1, -0.05) is 75.2 Å². The molecule has 1 heterocycles. The summed E-state index contributed by atoms with van der Waals surface area (Å²) >= 11 is 0. The monoisotopic (exact) mass is 345 g/mol. The number of allylic oxidation sites excluding steroid dienone is 4. The number of benzene rings is 1. The highest BCUT2D eigenvalue weighted by molar-refractivity contribution is 5.71. The van der Waals surface area contributed by atoms with E-state index in [9.17, 15) is 0 Å². The van der Waals surface area contributed by atoms with E-state index in [4.69, 9.17) is 15.0 Å². The standard InChI is InChI=1S/C23H27N3/c1-16-8-12-19(13-9-16)22-24-21(18-6-4-3-5-7-18)25-23(26-22)20-14-10-17(2)11-15-20/h3-8,12-13,16-17,20H,9-11,14-15H2,1-2H3. The average Bonchev–Trinajstić information content (AvgIpc) is 2.69. The van der Waals surface area contributed by atoms with Crippen molar-refractivity contribution in [3.05, 3.63) is 60.2 Å². The van der Waals surface area contributed by atoms with E-state index in [0.29, 0.717) is 11.8 Å². The second-order valence-electron chi connectivity index (χ2n) is 7.90. The van der Waals surface area contributed by atoms with E-state index in [2.05, 4.69) is 44.2 Å². The van der Waals surface area contributed by atoms with Gasteiger partial charge in [-0.2, -0.15) is 0 Å². The summed E-state index contributed by atoms with van der Waals surface area (Å²) in [4.78, 5) is 14.6. The van der Waals surface area contributed by atoms with Gasteiger partial charge in [-0.25, -0.2) is 15.0 Å². The van der Waals surface area contributed by atoms with Crippen LogP contribution in [-0.2, 0) is 0 Å². The van der Waals surface area contributed by atoms with Gasteiger partial charge < -0.3 is 0 Å². The first-order valence-corrected chi connectivity index (χ1v) is 9.89. The van der Waals surface area contributed by atoms with Crippen molar-refractivity contribution in [1.82, 2.24) is 15.0 Å². The lowest BCUT2D eigenvalue weighted by molar-refractivity contribution is 0.339. The zero-order valence-corrected chi connectivity index (χ0v) is 15.7. The first kappa shape index (κ1) is 17.1. The van der Waals surface area contributed by atoms with Crippen molar-refractivity contribution in [2.45, 2.75) is 51.9 Å². The normalized spacial score (nSPS) is 25.8. The summed E-state index contributed by atoms with van der Waals surface area (Å²) < 4.78 is 0. The molecule has 2 aromatic rings. The van der Waals surface area contributed by atoms with E-state index in [0.717, 1.165) is 40.9 Å². The molecular weight excluding hydrogens is 318 g/mol. The van der Waals surface area contributed by atoms with Crippen LogP contribution in [0.15, 0.2) is 48.6 Å². The Balaban J connectivity index is 1.74. The molecule has 2 aliphatic carbocycles. The van der Waals surface area contributed by atoms with Crippen LogP contribution in [0.5, 0.6) is 0 Å². The van der Waals surface area contributed by atoms with Crippen molar-refractivity contribution < 1.29 is 0 Å². The Labute approximate surface area is 156 Å². The fourth-order valence-corrected chi connectivity index (χ4v) is 3.83. The van der Waals surface area contributed by atoms with E-state index in [1.165, 1.54) is 25.7 Å². The third kappa shape index (κ3) is 3.77. The van der Waals surface area contributed by atoms with Gasteiger partial charge in [0.15, 0.2) is 11.6 Å². The molecular formula is C23H27N3. The molecule has 1 aromatic heterocycles. The summed E-state index contributed by atoms with van der Waals surface area (Å²) in [7, 11) is 0. The number of aromatic nitrogens is 3. The molecule has 0 amide bonds. The minimum Gasteiger partial charge on any atom is -0.213 e. The van der Waals surface area contributed by atoms with Gasteiger partial charge >= 0.3 is 0 Å². The molecule has 0 bridgehead atoms. The third-order valence-corrected chi connectivity index (χ3v) is 5.64. The molecule has 2 aliphatic rings. The van der Waals surface area contributed by atoms with Crippen LogP contribution >= 0.6 is 0 Å². The van der Waals surface area contributed by atoms with E-state index in [1.807, 2.05) is 18.2 Å². The molecule has 3 nitrogen and oxygen atoms in total. The summed E-state index contributed by atoms with van der Waals surface area (Å²) in [5, 5.41) is 0. The average molecular weight is 345 g/mol. The van der Waals surface area contributed by atoms with Crippen molar-refractivity contribution in [3.63, 3.8) is 0 Å². The van der Waals surface area contributed by atoms with Gasteiger partial charge in [-0.05, 0) is 31.1 Å². The molecule has 0 N–H and O–H groups in total. The molecule has 1 unspecified atom stereocenters. The molecule has 1 saturated carbocycles. The van der Waals surface area contributed by atoms with Crippen molar-refractivity contribution in [2.24, 2.45) is 11.8 Å². The van der Waals surface area contributed by atoms with E-state index in [-0.39, 0.29) is 0 Å². The van der Waals surface area contributed by atoms with Gasteiger partial charge in [0.25, 0.3) is 0 Å². The lowest BCUT2D eigenvalue weighted by atomic mass is 9.82. The van der Waals surface area contributed by atoms with Crippen LogP contribution in [0, 0.1) is 11.8 Å². The second-order valence-corrected chi connectivity index (χ2v) is 7.90. The van der Waals surface area contributed by atoms with E-state index >= 15 is 0 Å². The Bertz CT molecular complexity index is 815. The van der Waals surface area contributed by atoms with Gasteiger partial charge in [-0.15, -0.1) is 0 Å². The Hall–Kier alpha value is -2.29. The highest BCUT2D eigenvalue weighted by Crippen LogP contribution is 2.35. The number of hydrogen-bond acceptors (Lipinski definition) is 3. The SMILES string of the molecule is CC1C=CC(c2nc(-c3ccccc3)nc(C3CCC(C)CC3)n2)=CC1. The van der Waals surface area contributed by atoms with Crippen molar-refractivity contribution in [3.8, 4) is 11.4 Å². The molecule has 0 radical (unpaired) electrons. The van der Waals surface area contributed by atoms with E-state index in [1.54, 1.807) is 0 Å². The molecule has 0 saturated heterocycles. The van der Waals surface area contributed by atoms with Crippen molar-refractivity contribution in [1.29, 1.82) is 0 Å². The van der Waals surface area contributed by atoms with Crippen molar-refractivity contribution in [2.75, 3.05) is 0 Å². The number of nitrogens with zero attached hydrogens (tertiary/aromatic N) is 3. The molecule has 0 aliphatic heterocycles. The maximum atomic E-state index is 4.91. The maximum Gasteiger partial charge on any atom is 0.163 e. The molecule has 1 fully saturated rings. The third-order valence-electron chi connectivity index (χ3n) is 5.64. The second kappa shape index (κ2) is 7.53. The summed E-state index contributed by atoms with van der Waals surface area (Å²) in [6.07, 6.45) is 12.7. The molecule has 1 aromatic carbocycles. The molecule has 4 rings (SSSR count). The first-order valence-electron chi connectivity index (χ1n) is 9.89. The predicted molar refractivity (Wildman–Crippen MR) is 107 cm³/mol. The summed E-state index contributed by atoms with van der Waals surface area (Å²) in [6.45, 7) is 4.59. The Morgan fingerprint density at radius 1 is 0.846 bits per heavy atom. The van der Waals surface area contributed by atoms with Crippen LogP contribution < -0.4 is 0 Å². The van der Waals surface area contributed by atoms with Crippen LogP contribution in [0.1, 0.15) is 63.5 Å². The fraction of sp³-hybridized carbons (Fsp3) is 0.435. The van der Waals surface area contributed by atoms with Gasteiger partial charge in [0.05, 0.1) is 0 Å². The Kier molecular flexibility index (Phi) is 4.96. The van der Waals surface area contributed by atoms with Crippen LogP contribution in [0.25, 0.3) is 17.0 Å². The van der Waals surface area contributed by atoms with Crippen LogP contribution in [0.3, 0.4) is 0 Å². The number of hydrogen-bond donors (Lipinski definition) is 0. The smallest absolute Gasteiger partial charge is 0.163 e. The lowest BCUT2D eigenvalue weighted by Crippen LogP contribution is -2.15. The van der Waals surface area contributed by atoms with Crippen molar-refractivity contribution >= 4 is 5.57 Å². The minimum absolute atomic E-state index is 0.461. The topological polar surface area (TPSA) is 38.7 Å². The van der Waals surface area contributed by atoms with Gasteiger partial charge in [0.2, 0.25) is 0 Å². The number of rotatable bonds is 3. The van der Waals surface area contributed by atoms with Gasteiger partial charge in [0.1, 0.15) is 5.82 Å². The van der Waals surface area contributed by atoms with Crippen LogP contribution in [0.4, 0.5) is 0 Å². The van der Waals surface area contributed by atoms with Gasteiger partial charge in [0, 0.05) is 17.1 Å². The molecule has 134 valence electrons. The minimum atomic E-state index is 0.461. The highest BCUT2D eigenvalue weighted by Gasteiger charge is 2.24. The maximum absolute atomic E-state index is 4.91. The summed E-state index contributed by atoms with van der Waals surface area (Å²) in [6, 6.07) is 10.3. The zero-order valence-electron chi connectivity index (χ0n) is 15.7. The first-order chi connectivity index (χ1) is 12.7. The van der Waals surface area contributed by atoms with Crippen LogP contribution in [-0.4, -0.2) is 15.0 Å². The summed E-state index contributed by atoms with van der Waals surface area (Å²) in [5.41, 5.74) is 2.20. The Morgan fingerprint density at radius 2 is 1.58 bits per heavy atom. The quantitative estimate of drug-likeness (QED) is 0.704. The molecule has 26 heavy (non-hydrogen) atoms. The Morgan fingerprint density at radius 3 is 2.27 bits per heavy atom. The van der Waals surface area contributed by atoms with E-state index < -0.39 is 0 Å². The molecule has 1 atom stereocenters. The van der Waals surface area contributed by atoms with Crippen LogP contribution in [0.2, 0.25) is 0 Å². The predicted octanol–water partition coefficient (Wildman–Crippen LogP) is 5.81. The largest absolute Gasteiger partial charge is 0.213 e. The highest BCUT2D eigenvalue weighted by atomic mass is 15.0. The molecule has 3 heteroatoms.